The highest BCUT2D eigenvalue weighted by atomic mass is 16.2. The van der Waals surface area contributed by atoms with Crippen molar-refractivity contribution in [2.45, 2.75) is 0 Å². The van der Waals surface area contributed by atoms with Gasteiger partial charge in [-0.25, -0.2) is 4.52 Å². The zero-order valence-electron chi connectivity index (χ0n) is 14.8. The lowest BCUT2D eigenvalue weighted by molar-refractivity contribution is 0.0928. The van der Waals surface area contributed by atoms with Crippen LogP contribution >= 0.6 is 0 Å². The Morgan fingerprint density at radius 3 is 2.39 bits per heavy atom. The van der Waals surface area contributed by atoms with E-state index >= 15 is 0 Å². The van der Waals surface area contributed by atoms with Gasteiger partial charge in [-0.1, -0.05) is 30.3 Å². The molecule has 0 radical (unpaired) electrons. The number of rotatable bonds is 5. The summed E-state index contributed by atoms with van der Waals surface area (Å²) in [6, 6.07) is 15.9. The van der Waals surface area contributed by atoms with Gasteiger partial charge in [0.25, 0.3) is 17.4 Å². The molecule has 4 aromatic rings. The summed E-state index contributed by atoms with van der Waals surface area (Å²) in [5, 5.41) is 10.2. The molecule has 28 heavy (non-hydrogen) atoms. The predicted molar refractivity (Wildman–Crippen MR) is 104 cm³/mol. The second kappa shape index (κ2) is 7.36. The SMILES string of the molecule is O=C(NCCNC(=O)c1cnn2c1[nH]c(=O)c1ccccc12)c1ccccc1. The lowest BCUT2D eigenvalue weighted by Crippen LogP contribution is -2.34. The van der Waals surface area contributed by atoms with E-state index in [2.05, 4.69) is 20.7 Å². The summed E-state index contributed by atoms with van der Waals surface area (Å²) >= 11 is 0. The molecule has 0 bridgehead atoms. The van der Waals surface area contributed by atoms with Gasteiger partial charge in [0.05, 0.1) is 17.1 Å². The van der Waals surface area contributed by atoms with Crippen LogP contribution in [0.5, 0.6) is 0 Å². The predicted octanol–water partition coefficient (Wildman–Crippen LogP) is 1.34. The zero-order chi connectivity index (χ0) is 19.5. The summed E-state index contributed by atoms with van der Waals surface area (Å²) in [7, 11) is 0. The Kier molecular flexibility index (Phi) is 4.59. The second-order valence-corrected chi connectivity index (χ2v) is 6.17. The van der Waals surface area contributed by atoms with E-state index in [1.807, 2.05) is 6.07 Å². The van der Waals surface area contributed by atoms with Crippen molar-refractivity contribution in [3.8, 4) is 0 Å². The van der Waals surface area contributed by atoms with E-state index in [4.69, 9.17) is 0 Å². The maximum atomic E-state index is 12.5. The van der Waals surface area contributed by atoms with E-state index in [1.165, 1.54) is 10.7 Å². The van der Waals surface area contributed by atoms with Gasteiger partial charge in [-0.2, -0.15) is 5.10 Å². The maximum Gasteiger partial charge on any atom is 0.259 e. The van der Waals surface area contributed by atoms with Gasteiger partial charge in [0.2, 0.25) is 0 Å². The molecule has 0 aliphatic heterocycles. The number of fused-ring (bicyclic) bond motifs is 3. The van der Waals surface area contributed by atoms with Gasteiger partial charge in [-0.15, -0.1) is 0 Å². The molecule has 0 spiro atoms. The first kappa shape index (κ1) is 17.5. The van der Waals surface area contributed by atoms with Crippen molar-refractivity contribution in [2.24, 2.45) is 0 Å². The van der Waals surface area contributed by atoms with Crippen LogP contribution in [0.15, 0.2) is 65.6 Å². The molecule has 8 nitrogen and oxygen atoms in total. The van der Waals surface area contributed by atoms with Crippen LogP contribution in [0.4, 0.5) is 0 Å². The fourth-order valence-corrected chi connectivity index (χ4v) is 2.98. The first-order valence-electron chi connectivity index (χ1n) is 8.75. The van der Waals surface area contributed by atoms with Gasteiger partial charge in [0.15, 0.2) is 0 Å². The first-order valence-corrected chi connectivity index (χ1v) is 8.75. The van der Waals surface area contributed by atoms with Crippen LogP contribution in [-0.2, 0) is 0 Å². The number of amides is 2. The first-order chi connectivity index (χ1) is 13.6. The molecular weight excluding hydrogens is 358 g/mol. The summed E-state index contributed by atoms with van der Waals surface area (Å²) in [6.45, 7) is 0.519. The standard InChI is InChI=1S/C20H17N5O3/c26-18(13-6-2-1-3-7-13)21-10-11-22-19(27)15-12-23-25-16-9-5-4-8-14(16)20(28)24-17(15)25/h1-9,12H,10-11H2,(H,21,26)(H,22,27)(H,24,28). The largest absolute Gasteiger partial charge is 0.350 e. The molecule has 2 aromatic carbocycles. The van der Waals surface area contributed by atoms with Crippen LogP contribution in [0.1, 0.15) is 20.7 Å². The highest BCUT2D eigenvalue weighted by Crippen LogP contribution is 2.13. The molecule has 3 N–H and O–H groups in total. The van der Waals surface area contributed by atoms with E-state index in [0.29, 0.717) is 22.1 Å². The van der Waals surface area contributed by atoms with Crippen LogP contribution in [0.25, 0.3) is 16.6 Å². The second-order valence-electron chi connectivity index (χ2n) is 6.17. The zero-order valence-corrected chi connectivity index (χ0v) is 14.8. The molecular formula is C20H17N5O3. The number of aromatic amines is 1. The minimum Gasteiger partial charge on any atom is -0.350 e. The lowest BCUT2D eigenvalue weighted by atomic mass is 10.2. The molecule has 0 fully saturated rings. The van der Waals surface area contributed by atoms with Crippen molar-refractivity contribution in [1.29, 1.82) is 0 Å². The average molecular weight is 375 g/mol. The number of hydrogen-bond donors (Lipinski definition) is 3. The topological polar surface area (TPSA) is 108 Å². The highest BCUT2D eigenvalue weighted by molar-refractivity contribution is 6.00. The van der Waals surface area contributed by atoms with E-state index in [-0.39, 0.29) is 36.0 Å². The number of H-pyrrole nitrogens is 1. The fraction of sp³-hybridized carbons (Fsp3) is 0.100. The normalized spacial score (nSPS) is 10.9. The number of carbonyl (C=O) groups excluding carboxylic acids is 2. The summed E-state index contributed by atoms with van der Waals surface area (Å²) in [5.41, 5.74) is 1.48. The Labute approximate surface area is 159 Å². The number of nitrogens with zero attached hydrogens (tertiary/aromatic N) is 2. The van der Waals surface area contributed by atoms with Crippen molar-refractivity contribution in [2.75, 3.05) is 13.1 Å². The van der Waals surface area contributed by atoms with E-state index in [0.717, 1.165) is 0 Å². The van der Waals surface area contributed by atoms with Gasteiger partial charge in [-0.3, -0.25) is 14.4 Å². The number of para-hydroxylation sites is 1. The summed E-state index contributed by atoms with van der Waals surface area (Å²) in [5.74, 6) is -0.587. The maximum absolute atomic E-state index is 12.5. The summed E-state index contributed by atoms with van der Waals surface area (Å²) in [6.07, 6.45) is 1.41. The third-order valence-electron chi connectivity index (χ3n) is 4.35. The lowest BCUT2D eigenvalue weighted by Gasteiger charge is -2.07. The number of carbonyl (C=O) groups is 2. The molecule has 2 amide bonds. The Morgan fingerprint density at radius 1 is 0.929 bits per heavy atom. The number of nitrogens with one attached hydrogen (secondary N) is 3. The van der Waals surface area contributed by atoms with E-state index in [9.17, 15) is 14.4 Å². The van der Waals surface area contributed by atoms with Crippen LogP contribution < -0.4 is 16.2 Å². The van der Waals surface area contributed by atoms with Gasteiger partial charge >= 0.3 is 0 Å². The molecule has 0 unspecified atom stereocenters. The average Bonchev–Trinajstić information content (AvgIpc) is 3.16. The number of aromatic nitrogens is 3. The van der Waals surface area contributed by atoms with Crippen LogP contribution in [0, 0.1) is 0 Å². The van der Waals surface area contributed by atoms with Crippen LogP contribution in [-0.4, -0.2) is 39.5 Å². The Hall–Kier alpha value is -3.94. The number of hydrogen-bond acceptors (Lipinski definition) is 4. The molecule has 0 atom stereocenters. The molecule has 2 aromatic heterocycles. The molecule has 2 heterocycles. The highest BCUT2D eigenvalue weighted by Gasteiger charge is 2.15. The molecule has 0 saturated heterocycles. The quantitative estimate of drug-likeness (QED) is 0.457. The fourth-order valence-electron chi connectivity index (χ4n) is 2.98. The van der Waals surface area contributed by atoms with Crippen molar-refractivity contribution >= 4 is 28.4 Å². The van der Waals surface area contributed by atoms with Crippen LogP contribution in [0.3, 0.4) is 0 Å². The van der Waals surface area contributed by atoms with Gasteiger partial charge in [0, 0.05) is 18.7 Å². The Bertz CT molecular complexity index is 1230. The van der Waals surface area contributed by atoms with Crippen LogP contribution in [0.2, 0.25) is 0 Å². The van der Waals surface area contributed by atoms with Crippen molar-refractivity contribution in [1.82, 2.24) is 25.2 Å². The Balaban J connectivity index is 1.45. The third-order valence-corrected chi connectivity index (χ3v) is 4.35. The van der Waals surface area contributed by atoms with E-state index in [1.54, 1.807) is 48.5 Å². The molecule has 0 aliphatic rings. The summed E-state index contributed by atoms with van der Waals surface area (Å²) < 4.78 is 1.53. The molecule has 140 valence electrons. The third kappa shape index (κ3) is 3.23. The van der Waals surface area contributed by atoms with Gasteiger partial charge in [0.1, 0.15) is 11.2 Å². The Morgan fingerprint density at radius 2 is 1.61 bits per heavy atom. The minimum atomic E-state index is -0.380. The van der Waals surface area contributed by atoms with Gasteiger partial charge in [-0.05, 0) is 24.3 Å². The smallest absolute Gasteiger partial charge is 0.259 e. The van der Waals surface area contributed by atoms with Crippen molar-refractivity contribution in [3.63, 3.8) is 0 Å². The monoisotopic (exact) mass is 375 g/mol. The van der Waals surface area contributed by atoms with Crippen molar-refractivity contribution < 1.29 is 9.59 Å². The van der Waals surface area contributed by atoms with E-state index < -0.39 is 0 Å². The van der Waals surface area contributed by atoms with Crippen molar-refractivity contribution in [3.05, 3.63) is 82.3 Å². The molecule has 4 rings (SSSR count). The number of benzene rings is 2. The molecule has 8 heteroatoms. The van der Waals surface area contributed by atoms with Gasteiger partial charge < -0.3 is 15.6 Å². The summed E-state index contributed by atoms with van der Waals surface area (Å²) in [4.78, 5) is 39.4. The molecule has 0 saturated carbocycles. The molecule has 0 aliphatic carbocycles. The minimum absolute atomic E-state index is 0.207.